The zero-order chi connectivity index (χ0) is 12.4. The van der Waals surface area contributed by atoms with Gasteiger partial charge < -0.3 is 10.1 Å². The van der Waals surface area contributed by atoms with Crippen LogP contribution >= 0.6 is 0 Å². The maximum absolute atomic E-state index is 5.32. The minimum absolute atomic E-state index is 0.389. The molecule has 3 unspecified atom stereocenters. The van der Waals surface area contributed by atoms with Gasteiger partial charge in [-0.05, 0) is 45.1 Å². The molecule has 16 heavy (non-hydrogen) atoms. The second-order valence-corrected chi connectivity index (χ2v) is 4.95. The van der Waals surface area contributed by atoms with E-state index in [0.29, 0.717) is 12.1 Å². The summed E-state index contributed by atoms with van der Waals surface area (Å²) in [7, 11) is 1.80. The van der Waals surface area contributed by atoms with Crippen LogP contribution in [0.25, 0.3) is 0 Å². The first-order valence-electron chi connectivity index (χ1n) is 6.91. The molecule has 0 aliphatic carbocycles. The molecule has 0 bridgehead atoms. The van der Waals surface area contributed by atoms with E-state index < -0.39 is 0 Å². The number of methoxy groups -OCH3 is 1. The number of rotatable bonds is 10. The summed E-state index contributed by atoms with van der Waals surface area (Å²) in [5.41, 5.74) is 0. The van der Waals surface area contributed by atoms with Crippen LogP contribution in [0, 0.1) is 5.92 Å². The highest BCUT2D eigenvalue weighted by Crippen LogP contribution is 2.16. The highest BCUT2D eigenvalue weighted by atomic mass is 16.5. The third-order valence-corrected chi connectivity index (χ3v) is 3.37. The zero-order valence-electron chi connectivity index (χ0n) is 11.9. The van der Waals surface area contributed by atoms with Crippen LogP contribution < -0.4 is 5.32 Å². The second-order valence-electron chi connectivity index (χ2n) is 4.95. The molecule has 0 spiro atoms. The number of nitrogens with one attached hydrogen (secondary N) is 1. The third kappa shape index (κ3) is 7.24. The lowest BCUT2D eigenvalue weighted by Crippen LogP contribution is -2.36. The fraction of sp³-hybridized carbons (Fsp3) is 1.00. The standard InChI is InChI=1S/C14H31NO/c1-6-8-12(3)14(15-11-7-2)10-9-13(4)16-5/h12-15H,6-11H2,1-5H3. The monoisotopic (exact) mass is 229 g/mol. The first-order valence-corrected chi connectivity index (χ1v) is 6.91. The average Bonchev–Trinajstić information content (AvgIpc) is 2.29. The van der Waals surface area contributed by atoms with Gasteiger partial charge in [-0.3, -0.25) is 0 Å². The molecule has 0 heterocycles. The summed E-state index contributed by atoms with van der Waals surface area (Å²) in [4.78, 5) is 0. The number of hydrogen-bond acceptors (Lipinski definition) is 2. The first kappa shape index (κ1) is 15.9. The molecule has 3 atom stereocenters. The average molecular weight is 229 g/mol. The van der Waals surface area contributed by atoms with Gasteiger partial charge in [0.1, 0.15) is 0 Å². The fourth-order valence-electron chi connectivity index (χ4n) is 2.11. The van der Waals surface area contributed by atoms with E-state index in [1.54, 1.807) is 7.11 Å². The summed E-state index contributed by atoms with van der Waals surface area (Å²) in [5, 5.41) is 3.68. The largest absolute Gasteiger partial charge is 0.382 e. The molecule has 0 aromatic rings. The summed E-state index contributed by atoms with van der Waals surface area (Å²) in [6.07, 6.45) is 6.60. The van der Waals surface area contributed by atoms with Crippen LogP contribution in [-0.4, -0.2) is 25.8 Å². The van der Waals surface area contributed by atoms with Crippen molar-refractivity contribution in [2.24, 2.45) is 5.92 Å². The Balaban J connectivity index is 3.98. The molecule has 0 saturated carbocycles. The summed E-state index contributed by atoms with van der Waals surface area (Å²) in [5.74, 6) is 0.778. The van der Waals surface area contributed by atoms with Crippen molar-refractivity contribution >= 4 is 0 Å². The number of ether oxygens (including phenoxy) is 1. The quantitative estimate of drug-likeness (QED) is 0.618. The molecule has 0 aliphatic rings. The Morgan fingerprint density at radius 1 is 1.00 bits per heavy atom. The van der Waals surface area contributed by atoms with Gasteiger partial charge in [-0.25, -0.2) is 0 Å². The van der Waals surface area contributed by atoms with Gasteiger partial charge in [0.05, 0.1) is 6.10 Å². The van der Waals surface area contributed by atoms with Crippen LogP contribution in [0.15, 0.2) is 0 Å². The molecule has 2 heteroatoms. The molecule has 2 nitrogen and oxygen atoms in total. The molecular formula is C14H31NO. The third-order valence-electron chi connectivity index (χ3n) is 3.37. The molecule has 0 radical (unpaired) electrons. The van der Waals surface area contributed by atoms with Crippen molar-refractivity contribution in [2.75, 3.05) is 13.7 Å². The highest BCUT2D eigenvalue weighted by molar-refractivity contribution is 4.74. The first-order chi connectivity index (χ1) is 7.65. The van der Waals surface area contributed by atoms with Crippen LogP contribution in [0.4, 0.5) is 0 Å². The normalized spacial score (nSPS) is 17.1. The second kappa shape index (κ2) is 10.1. The Labute approximate surface area is 102 Å². The lowest BCUT2D eigenvalue weighted by atomic mass is 9.92. The molecule has 0 saturated heterocycles. The van der Waals surface area contributed by atoms with E-state index in [9.17, 15) is 0 Å². The molecule has 0 aliphatic heterocycles. The van der Waals surface area contributed by atoms with Crippen molar-refractivity contribution in [1.82, 2.24) is 5.32 Å². The van der Waals surface area contributed by atoms with Crippen molar-refractivity contribution in [3.63, 3.8) is 0 Å². The van der Waals surface area contributed by atoms with E-state index >= 15 is 0 Å². The van der Waals surface area contributed by atoms with Gasteiger partial charge in [-0.1, -0.05) is 27.2 Å². The van der Waals surface area contributed by atoms with Gasteiger partial charge in [-0.15, -0.1) is 0 Å². The van der Waals surface area contributed by atoms with Gasteiger partial charge in [0, 0.05) is 13.2 Å². The van der Waals surface area contributed by atoms with Gasteiger partial charge in [0.25, 0.3) is 0 Å². The molecule has 0 fully saturated rings. The molecule has 1 N–H and O–H groups in total. The van der Waals surface area contributed by atoms with Gasteiger partial charge in [-0.2, -0.15) is 0 Å². The predicted octanol–water partition coefficient (Wildman–Crippen LogP) is 3.61. The molecule has 0 aromatic carbocycles. The van der Waals surface area contributed by atoms with E-state index in [0.717, 1.165) is 18.9 Å². The van der Waals surface area contributed by atoms with Crippen LogP contribution in [0.2, 0.25) is 0 Å². The Morgan fingerprint density at radius 2 is 1.69 bits per heavy atom. The van der Waals surface area contributed by atoms with Crippen molar-refractivity contribution < 1.29 is 4.74 Å². The Bertz CT molecular complexity index is 150. The molecule has 0 rings (SSSR count). The SMILES string of the molecule is CCCNC(CCC(C)OC)C(C)CCC. The minimum atomic E-state index is 0.389. The van der Waals surface area contributed by atoms with E-state index in [4.69, 9.17) is 4.74 Å². The van der Waals surface area contributed by atoms with E-state index in [1.165, 1.54) is 25.7 Å². The zero-order valence-corrected chi connectivity index (χ0v) is 11.9. The lowest BCUT2D eigenvalue weighted by molar-refractivity contribution is 0.103. The Hall–Kier alpha value is -0.0800. The van der Waals surface area contributed by atoms with Gasteiger partial charge in [0.2, 0.25) is 0 Å². The maximum Gasteiger partial charge on any atom is 0.0543 e. The molecule has 98 valence electrons. The predicted molar refractivity (Wildman–Crippen MR) is 71.9 cm³/mol. The Morgan fingerprint density at radius 3 is 2.19 bits per heavy atom. The van der Waals surface area contributed by atoms with Crippen molar-refractivity contribution in [2.45, 2.75) is 71.9 Å². The highest BCUT2D eigenvalue weighted by Gasteiger charge is 2.16. The van der Waals surface area contributed by atoms with Gasteiger partial charge >= 0.3 is 0 Å². The van der Waals surface area contributed by atoms with Crippen LogP contribution in [0.5, 0.6) is 0 Å². The molecular weight excluding hydrogens is 198 g/mol. The summed E-state index contributed by atoms with van der Waals surface area (Å²) in [6, 6.07) is 0.664. The summed E-state index contributed by atoms with van der Waals surface area (Å²) in [6.45, 7) is 10.2. The number of hydrogen-bond donors (Lipinski definition) is 1. The van der Waals surface area contributed by atoms with Crippen molar-refractivity contribution in [3.05, 3.63) is 0 Å². The Kier molecular flexibility index (Phi) is 10.0. The van der Waals surface area contributed by atoms with Crippen LogP contribution in [0.3, 0.4) is 0 Å². The van der Waals surface area contributed by atoms with Crippen LogP contribution in [-0.2, 0) is 4.74 Å². The van der Waals surface area contributed by atoms with Crippen LogP contribution in [0.1, 0.15) is 59.8 Å². The smallest absolute Gasteiger partial charge is 0.0543 e. The van der Waals surface area contributed by atoms with Crippen molar-refractivity contribution in [3.8, 4) is 0 Å². The molecule has 0 amide bonds. The minimum Gasteiger partial charge on any atom is -0.382 e. The lowest BCUT2D eigenvalue weighted by Gasteiger charge is -2.26. The molecule has 0 aromatic heterocycles. The fourth-order valence-corrected chi connectivity index (χ4v) is 2.11. The van der Waals surface area contributed by atoms with E-state index in [2.05, 4.69) is 33.0 Å². The van der Waals surface area contributed by atoms with E-state index in [1.807, 2.05) is 0 Å². The summed E-state index contributed by atoms with van der Waals surface area (Å²) >= 11 is 0. The van der Waals surface area contributed by atoms with Crippen molar-refractivity contribution in [1.29, 1.82) is 0 Å². The maximum atomic E-state index is 5.32. The summed E-state index contributed by atoms with van der Waals surface area (Å²) < 4.78 is 5.32. The topological polar surface area (TPSA) is 21.3 Å². The van der Waals surface area contributed by atoms with E-state index in [-0.39, 0.29) is 0 Å². The van der Waals surface area contributed by atoms with Gasteiger partial charge in [0.15, 0.2) is 0 Å².